The smallest absolute Gasteiger partial charge is 0.243 e. The fourth-order valence-corrected chi connectivity index (χ4v) is 4.07. The number of rotatable bonds is 21. The molecule has 3 atom stereocenters. The Morgan fingerprint density at radius 1 is 0.769 bits per heavy atom. The molecule has 0 spiro atoms. The van der Waals surface area contributed by atoms with Gasteiger partial charge in [-0.1, -0.05) is 33.6 Å². The maximum absolute atomic E-state index is 11.9. The van der Waals surface area contributed by atoms with Gasteiger partial charge in [0.1, 0.15) is 0 Å². The molecule has 3 amide bonds. The van der Waals surface area contributed by atoms with Crippen LogP contribution in [0.15, 0.2) is 38.0 Å². The van der Waals surface area contributed by atoms with Crippen molar-refractivity contribution in [3.63, 3.8) is 0 Å². The molecule has 3 N–H and O–H groups in total. The Balaban J connectivity index is 5.46. The third-order valence-corrected chi connectivity index (χ3v) is 6.84. The van der Waals surface area contributed by atoms with Crippen molar-refractivity contribution in [2.24, 2.45) is 11.3 Å². The van der Waals surface area contributed by atoms with Crippen LogP contribution in [0.4, 0.5) is 0 Å². The van der Waals surface area contributed by atoms with Gasteiger partial charge in [-0.05, 0) is 72.6 Å². The average Bonchev–Trinajstić information content (AvgIpc) is 2.86. The number of hydrogen-bond donors (Lipinski definition) is 3. The summed E-state index contributed by atoms with van der Waals surface area (Å²) in [4.78, 5) is 35.1. The van der Waals surface area contributed by atoms with Crippen molar-refractivity contribution in [3.8, 4) is 0 Å². The average molecular weight is 552 g/mol. The Morgan fingerprint density at radius 2 is 1.21 bits per heavy atom. The highest BCUT2D eigenvalue weighted by Crippen LogP contribution is 2.36. The molecule has 9 heteroatoms. The fourth-order valence-electron chi connectivity index (χ4n) is 4.07. The van der Waals surface area contributed by atoms with E-state index in [0.717, 1.165) is 6.42 Å². The number of nitrogens with one attached hydrogen (secondary N) is 3. The van der Waals surface area contributed by atoms with Crippen LogP contribution in [-0.4, -0.2) is 74.0 Å². The van der Waals surface area contributed by atoms with Crippen LogP contribution < -0.4 is 16.0 Å². The third kappa shape index (κ3) is 15.0. The summed E-state index contributed by atoms with van der Waals surface area (Å²) in [6.45, 7) is 28.3. The number of amides is 3. The topological polar surface area (TPSA) is 115 Å². The van der Waals surface area contributed by atoms with Crippen LogP contribution in [0.1, 0.15) is 68.2 Å². The molecule has 9 nitrogen and oxygen atoms in total. The first-order valence-corrected chi connectivity index (χ1v) is 13.6. The number of carbonyl (C=O) groups excluding carboxylic acids is 3. The summed E-state index contributed by atoms with van der Waals surface area (Å²) in [5.41, 5.74) is -1.39. The molecule has 0 aliphatic carbocycles. The molecule has 0 aliphatic rings. The predicted molar refractivity (Wildman–Crippen MR) is 156 cm³/mol. The first-order valence-electron chi connectivity index (χ1n) is 13.6. The van der Waals surface area contributed by atoms with E-state index in [1.54, 1.807) is 0 Å². The molecule has 0 aliphatic heterocycles. The van der Waals surface area contributed by atoms with Crippen LogP contribution in [0.5, 0.6) is 0 Å². The van der Waals surface area contributed by atoms with Crippen LogP contribution in [0, 0.1) is 11.3 Å². The van der Waals surface area contributed by atoms with Gasteiger partial charge in [-0.15, -0.1) is 0 Å². The summed E-state index contributed by atoms with van der Waals surface area (Å²) >= 11 is 0. The highest BCUT2D eigenvalue weighted by molar-refractivity contribution is 5.87. The van der Waals surface area contributed by atoms with Gasteiger partial charge in [0.15, 0.2) is 0 Å². The van der Waals surface area contributed by atoms with E-state index in [-0.39, 0.29) is 41.1 Å². The lowest BCUT2D eigenvalue weighted by Gasteiger charge is -2.41. The van der Waals surface area contributed by atoms with E-state index in [4.69, 9.17) is 14.2 Å². The van der Waals surface area contributed by atoms with Crippen LogP contribution >= 0.6 is 0 Å². The van der Waals surface area contributed by atoms with Gasteiger partial charge in [0.25, 0.3) is 0 Å². The Labute approximate surface area is 236 Å². The molecule has 0 radical (unpaired) electrons. The summed E-state index contributed by atoms with van der Waals surface area (Å²) in [5.74, 6) is -0.680. The Bertz CT molecular complexity index is 790. The molecule has 0 aromatic rings. The highest BCUT2D eigenvalue weighted by atomic mass is 16.5. The minimum atomic E-state index is -0.527. The van der Waals surface area contributed by atoms with E-state index in [1.165, 1.54) is 18.2 Å². The van der Waals surface area contributed by atoms with E-state index in [2.05, 4.69) is 42.6 Å². The zero-order chi connectivity index (χ0) is 30.3. The second-order valence-corrected chi connectivity index (χ2v) is 11.7. The SMILES string of the molecule is C=CC(=O)NC(C)COCC(CC)(COCC(C)NC(=O)C=C)CC(C)(C)OCC(C)C(C)(C)NC(=O)C=C. The molecule has 0 rings (SSSR count). The molecule has 0 fully saturated rings. The van der Waals surface area contributed by atoms with E-state index in [1.807, 2.05) is 48.5 Å². The molecule has 0 aromatic heterocycles. The molecule has 0 heterocycles. The maximum atomic E-state index is 11.9. The van der Waals surface area contributed by atoms with Gasteiger partial charge < -0.3 is 30.2 Å². The first kappa shape index (κ1) is 36.5. The van der Waals surface area contributed by atoms with Gasteiger partial charge in [-0.25, -0.2) is 0 Å². The molecule has 0 bridgehead atoms. The van der Waals surface area contributed by atoms with Crippen molar-refractivity contribution in [1.29, 1.82) is 0 Å². The first-order chi connectivity index (χ1) is 18.0. The Hall–Kier alpha value is -2.49. The zero-order valence-electron chi connectivity index (χ0n) is 25.5. The normalized spacial score (nSPS) is 15.7. The van der Waals surface area contributed by atoms with Crippen molar-refractivity contribution in [1.82, 2.24) is 16.0 Å². The van der Waals surface area contributed by atoms with Crippen molar-refractivity contribution in [2.45, 2.75) is 91.5 Å². The number of carbonyl (C=O) groups is 3. The lowest BCUT2D eigenvalue weighted by molar-refractivity contribution is -0.121. The number of hydrogen-bond acceptors (Lipinski definition) is 6. The quantitative estimate of drug-likeness (QED) is 0.187. The summed E-state index contributed by atoms with van der Waals surface area (Å²) < 4.78 is 18.6. The van der Waals surface area contributed by atoms with Crippen LogP contribution in [-0.2, 0) is 28.6 Å². The van der Waals surface area contributed by atoms with Gasteiger partial charge in [-0.2, -0.15) is 0 Å². The minimum Gasteiger partial charge on any atom is -0.379 e. The van der Waals surface area contributed by atoms with E-state index in [0.29, 0.717) is 39.5 Å². The van der Waals surface area contributed by atoms with E-state index in [9.17, 15) is 14.4 Å². The second-order valence-electron chi connectivity index (χ2n) is 11.7. The zero-order valence-corrected chi connectivity index (χ0v) is 25.5. The molecule has 224 valence electrons. The molecule has 0 saturated carbocycles. The molecule has 3 unspecified atom stereocenters. The maximum Gasteiger partial charge on any atom is 0.243 e. The number of ether oxygens (including phenoxy) is 3. The fraction of sp³-hybridized carbons (Fsp3) is 0.700. The van der Waals surface area contributed by atoms with E-state index >= 15 is 0 Å². The minimum absolute atomic E-state index is 0.0350. The lowest BCUT2D eigenvalue weighted by atomic mass is 9.77. The monoisotopic (exact) mass is 551 g/mol. The second kappa shape index (κ2) is 17.3. The summed E-state index contributed by atoms with van der Waals surface area (Å²) in [6, 6.07) is -0.364. The third-order valence-electron chi connectivity index (χ3n) is 6.84. The molecule has 0 saturated heterocycles. The van der Waals surface area contributed by atoms with Gasteiger partial charge in [0.2, 0.25) is 17.7 Å². The van der Waals surface area contributed by atoms with Crippen molar-refractivity contribution >= 4 is 17.7 Å². The van der Waals surface area contributed by atoms with Crippen LogP contribution in [0.25, 0.3) is 0 Å². The van der Waals surface area contributed by atoms with Crippen molar-refractivity contribution in [2.75, 3.05) is 33.0 Å². The van der Waals surface area contributed by atoms with Crippen molar-refractivity contribution < 1.29 is 28.6 Å². The van der Waals surface area contributed by atoms with Crippen LogP contribution in [0.3, 0.4) is 0 Å². The predicted octanol–water partition coefficient (Wildman–Crippen LogP) is 3.70. The molecular weight excluding hydrogens is 498 g/mol. The molecule has 39 heavy (non-hydrogen) atoms. The van der Waals surface area contributed by atoms with E-state index < -0.39 is 11.1 Å². The van der Waals surface area contributed by atoms with Gasteiger partial charge in [-0.3, -0.25) is 14.4 Å². The Kier molecular flexibility index (Phi) is 16.2. The highest BCUT2D eigenvalue weighted by Gasteiger charge is 2.38. The summed E-state index contributed by atoms with van der Waals surface area (Å²) in [7, 11) is 0. The molecular formula is C30H53N3O6. The largest absolute Gasteiger partial charge is 0.379 e. The van der Waals surface area contributed by atoms with Crippen LogP contribution in [0.2, 0.25) is 0 Å². The summed E-state index contributed by atoms with van der Waals surface area (Å²) in [6.07, 6.45) is 5.14. The summed E-state index contributed by atoms with van der Waals surface area (Å²) in [5, 5.41) is 8.58. The van der Waals surface area contributed by atoms with Gasteiger partial charge in [0.05, 0.1) is 38.6 Å². The standard InChI is InChI=1S/C30H53N3O6/c1-12-25(34)31-23(6)17-37-20-30(15-4,21-38-18-24(7)32-26(35)13-2)19-28(8,9)39-16-22(5)29(10,11)33-27(36)14-3/h12-14,22-24H,1-3,15-21H2,4-11H3,(H,31,34)(H,32,35)(H,33,36). The van der Waals surface area contributed by atoms with Gasteiger partial charge in [0, 0.05) is 29.0 Å². The lowest BCUT2D eigenvalue weighted by Crippen LogP contribution is -2.50. The molecule has 0 aromatic carbocycles. The Morgan fingerprint density at radius 3 is 1.59 bits per heavy atom. The van der Waals surface area contributed by atoms with Gasteiger partial charge >= 0.3 is 0 Å². The van der Waals surface area contributed by atoms with Crippen molar-refractivity contribution in [3.05, 3.63) is 38.0 Å².